The standard InChI is InChI=1S/C17H23N5/c1-2-9-21(12-15-4-3-8-18-10-15)16(5-1)17-20-19-13-22(17)11-14-6-7-14/h3-4,8,10,13-14,16H,1-2,5-7,9,11-12H2/t16-/m1/s1. The number of rotatable bonds is 5. The number of hydrogen-bond donors (Lipinski definition) is 0. The van der Waals surface area contributed by atoms with E-state index in [1.807, 2.05) is 24.8 Å². The summed E-state index contributed by atoms with van der Waals surface area (Å²) >= 11 is 0. The van der Waals surface area contributed by atoms with Gasteiger partial charge < -0.3 is 4.57 Å². The molecular weight excluding hydrogens is 274 g/mol. The first kappa shape index (κ1) is 13.9. The molecule has 116 valence electrons. The Bertz CT molecular complexity index is 605. The predicted octanol–water partition coefficient (Wildman–Crippen LogP) is 2.81. The Balaban J connectivity index is 1.54. The van der Waals surface area contributed by atoms with E-state index >= 15 is 0 Å². The maximum absolute atomic E-state index is 4.47. The quantitative estimate of drug-likeness (QED) is 0.851. The van der Waals surface area contributed by atoms with Gasteiger partial charge in [-0.05, 0) is 49.8 Å². The lowest BCUT2D eigenvalue weighted by Crippen LogP contribution is -2.34. The maximum atomic E-state index is 4.47. The maximum Gasteiger partial charge on any atom is 0.150 e. The zero-order chi connectivity index (χ0) is 14.8. The molecule has 1 saturated carbocycles. The van der Waals surface area contributed by atoms with Crippen LogP contribution in [0.1, 0.15) is 49.5 Å². The van der Waals surface area contributed by atoms with Crippen molar-refractivity contribution in [3.8, 4) is 0 Å². The van der Waals surface area contributed by atoms with Gasteiger partial charge in [0.2, 0.25) is 0 Å². The van der Waals surface area contributed by atoms with Gasteiger partial charge in [-0.3, -0.25) is 9.88 Å². The Hall–Kier alpha value is -1.75. The highest BCUT2D eigenvalue weighted by Crippen LogP contribution is 2.34. The summed E-state index contributed by atoms with van der Waals surface area (Å²) in [6.07, 6.45) is 12.2. The van der Waals surface area contributed by atoms with E-state index in [-0.39, 0.29) is 0 Å². The third kappa shape index (κ3) is 3.04. The minimum atomic E-state index is 0.398. The topological polar surface area (TPSA) is 46.8 Å². The summed E-state index contributed by atoms with van der Waals surface area (Å²) in [4.78, 5) is 6.79. The second kappa shape index (κ2) is 6.16. The molecule has 1 aliphatic carbocycles. The second-order valence-corrected chi connectivity index (χ2v) is 6.63. The lowest BCUT2D eigenvalue weighted by molar-refractivity contribution is 0.130. The van der Waals surface area contributed by atoms with Gasteiger partial charge in [0.25, 0.3) is 0 Å². The van der Waals surface area contributed by atoms with Crippen LogP contribution in [0.15, 0.2) is 30.9 Å². The third-order valence-electron chi connectivity index (χ3n) is 4.82. The summed E-state index contributed by atoms with van der Waals surface area (Å²) in [5, 5.41) is 8.66. The van der Waals surface area contributed by atoms with E-state index in [4.69, 9.17) is 0 Å². The van der Waals surface area contributed by atoms with Gasteiger partial charge in [0.15, 0.2) is 0 Å². The Morgan fingerprint density at radius 1 is 1.18 bits per heavy atom. The normalized spacial score (nSPS) is 22.8. The summed E-state index contributed by atoms with van der Waals surface area (Å²) in [5.41, 5.74) is 1.28. The summed E-state index contributed by atoms with van der Waals surface area (Å²) in [6, 6.07) is 4.58. The van der Waals surface area contributed by atoms with Crippen molar-refractivity contribution in [2.45, 2.75) is 51.2 Å². The molecule has 0 bridgehead atoms. The van der Waals surface area contributed by atoms with E-state index in [1.165, 1.54) is 37.7 Å². The minimum absolute atomic E-state index is 0.398. The van der Waals surface area contributed by atoms with Gasteiger partial charge >= 0.3 is 0 Å². The van der Waals surface area contributed by atoms with E-state index < -0.39 is 0 Å². The Labute approximate surface area is 131 Å². The highest BCUT2D eigenvalue weighted by molar-refractivity contribution is 5.10. The highest BCUT2D eigenvalue weighted by Gasteiger charge is 2.30. The van der Waals surface area contributed by atoms with Crippen LogP contribution in [-0.4, -0.2) is 31.2 Å². The molecule has 22 heavy (non-hydrogen) atoms. The van der Waals surface area contributed by atoms with Crippen LogP contribution >= 0.6 is 0 Å². The van der Waals surface area contributed by atoms with E-state index in [0.29, 0.717) is 6.04 Å². The van der Waals surface area contributed by atoms with Crippen LogP contribution in [0.2, 0.25) is 0 Å². The van der Waals surface area contributed by atoms with Gasteiger partial charge in [-0.25, -0.2) is 0 Å². The van der Waals surface area contributed by atoms with E-state index in [2.05, 4.69) is 30.7 Å². The van der Waals surface area contributed by atoms with Crippen LogP contribution in [0.25, 0.3) is 0 Å². The first-order valence-corrected chi connectivity index (χ1v) is 8.41. The average molecular weight is 297 g/mol. The first-order valence-electron chi connectivity index (χ1n) is 8.41. The fourth-order valence-electron chi connectivity index (χ4n) is 3.44. The van der Waals surface area contributed by atoms with Gasteiger partial charge in [0.1, 0.15) is 12.2 Å². The molecule has 0 amide bonds. The minimum Gasteiger partial charge on any atom is -0.316 e. The van der Waals surface area contributed by atoms with Gasteiger partial charge in [0.05, 0.1) is 6.04 Å². The van der Waals surface area contributed by atoms with Gasteiger partial charge in [-0.1, -0.05) is 12.5 Å². The summed E-state index contributed by atoms with van der Waals surface area (Å²) < 4.78 is 2.30. The molecule has 3 heterocycles. The van der Waals surface area contributed by atoms with Crippen molar-refractivity contribution in [3.05, 3.63) is 42.2 Å². The molecule has 5 nitrogen and oxygen atoms in total. The zero-order valence-electron chi connectivity index (χ0n) is 12.9. The van der Waals surface area contributed by atoms with Crippen molar-refractivity contribution in [2.75, 3.05) is 6.54 Å². The smallest absolute Gasteiger partial charge is 0.150 e. The Morgan fingerprint density at radius 3 is 2.95 bits per heavy atom. The molecule has 1 aliphatic heterocycles. The van der Waals surface area contributed by atoms with Crippen LogP contribution in [0.5, 0.6) is 0 Å². The van der Waals surface area contributed by atoms with E-state index in [9.17, 15) is 0 Å². The van der Waals surface area contributed by atoms with Gasteiger partial charge in [0, 0.05) is 25.5 Å². The lowest BCUT2D eigenvalue weighted by atomic mass is 10.0. The monoisotopic (exact) mass is 297 g/mol. The van der Waals surface area contributed by atoms with Crippen LogP contribution in [0, 0.1) is 5.92 Å². The van der Waals surface area contributed by atoms with Crippen molar-refractivity contribution in [1.82, 2.24) is 24.6 Å². The van der Waals surface area contributed by atoms with Crippen LogP contribution in [-0.2, 0) is 13.1 Å². The molecule has 0 radical (unpaired) electrons. The van der Waals surface area contributed by atoms with Crippen LogP contribution in [0.3, 0.4) is 0 Å². The summed E-state index contributed by atoms with van der Waals surface area (Å²) in [6.45, 7) is 3.18. The number of pyridine rings is 1. The highest BCUT2D eigenvalue weighted by atomic mass is 15.3. The first-order chi connectivity index (χ1) is 10.9. The summed E-state index contributed by atoms with van der Waals surface area (Å²) in [5.74, 6) is 2.01. The Morgan fingerprint density at radius 2 is 2.14 bits per heavy atom. The zero-order valence-corrected chi connectivity index (χ0v) is 12.9. The lowest BCUT2D eigenvalue weighted by Gasteiger charge is -2.35. The van der Waals surface area contributed by atoms with Gasteiger partial charge in [-0.2, -0.15) is 0 Å². The van der Waals surface area contributed by atoms with Crippen molar-refractivity contribution in [2.24, 2.45) is 5.92 Å². The van der Waals surface area contributed by atoms with Crippen molar-refractivity contribution in [1.29, 1.82) is 0 Å². The Kier molecular flexibility index (Phi) is 3.89. The molecule has 2 aromatic rings. The van der Waals surface area contributed by atoms with Crippen LogP contribution in [0.4, 0.5) is 0 Å². The predicted molar refractivity (Wildman–Crippen MR) is 84.0 cm³/mol. The largest absolute Gasteiger partial charge is 0.316 e. The molecule has 0 spiro atoms. The average Bonchev–Trinajstić information content (AvgIpc) is 3.25. The second-order valence-electron chi connectivity index (χ2n) is 6.63. The molecule has 5 heteroatoms. The third-order valence-corrected chi connectivity index (χ3v) is 4.82. The number of aromatic nitrogens is 4. The number of nitrogens with zero attached hydrogens (tertiary/aromatic N) is 5. The molecule has 2 aromatic heterocycles. The molecule has 2 aliphatic rings. The van der Waals surface area contributed by atoms with Gasteiger partial charge in [-0.15, -0.1) is 10.2 Å². The molecule has 1 saturated heterocycles. The van der Waals surface area contributed by atoms with Crippen LogP contribution < -0.4 is 0 Å². The number of piperidine rings is 1. The molecule has 0 unspecified atom stereocenters. The molecule has 4 rings (SSSR count). The molecule has 1 atom stereocenters. The number of hydrogen-bond acceptors (Lipinski definition) is 4. The fourth-order valence-corrected chi connectivity index (χ4v) is 3.44. The van der Waals surface area contributed by atoms with E-state index in [0.717, 1.165) is 31.4 Å². The SMILES string of the molecule is c1cncc(CN2CCCC[C@@H]2c2nncn2CC2CC2)c1. The van der Waals surface area contributed by atoms with E-state index in [1.54, 1.807) is 0 Å². The number of likely N-dealkylation sites (tertiary alicyclic amines) is 1. The van der Waals surface area contributed by atoms with Crippen molar-refractivity contribution >= 4 is 0 Å². The molecule has 0 aromatic carbocycles. The molecular formula is C17H23N5. The van der Waals surface area contributed by atoms with Crippen molar-refractivity contribution in [3.63, 3.8) is 0 Å². The fraction of sp³-hybridized carbons (Fsp3) is 0.588. The molecule has 2 fully saturated rings. The summed E-state index contributed by atoms with van der Waals surface area (Å²) in [7, 11) is 0. The van der Waals surface area contributed by atoms with Crippen molar-refractivity contribution < 1.29 is 0 Å². The molecule has 0 N–H and O–H groups in total.